The zero-order valence-corrected chi connectivity index (χ0v) is 12.7. The molecule has 0 aliphatic carbocycles. The normalized spacial score (nSPS) is 19.4. The van der Waals surface area contributed by atoms with Crippen molar-refractivity contribution < 1.29 is 0 Å². The van der Waals surface area contributed by atoms with Crippen molar-refractivity contribution in [2.45, 2.75) is 6.04 Å². The van der Waals surface area contributed by atoms with Crippen LogP contribution in [0.4, 0.5) is 0 Å². The van der Waals surface area contributed by atoms with Gasteiger partial charge in [-0.05, 0) is 26.2 Å². The molecule has 1 unspecified atom stereocenters. The van der Waals surface area contributed by atoms with Gasteiger partial charge in [-0.3, -0.25) is 14.8 Å². The van der Waals surface area contributed by atoms with Crippen LogP contribution in [0.15, 0.2) is 24.4 Å². The van der Waals surface area contributed by atoms with Gasteiger partial charge in [0.25, 0.3) is 0 Å². The van der Waals surface area contributed by atoms with Crippen LogP contribution in [0.25, 0.3) is 0 Å². The average Bonchev–Trinajstić information content (AvgIpc) is 2.48. The predicted molar refractivity (Wildman–Crippen MR) is 82.6 cm³/mol. The van der Waals surface area contributed by atoms with Gasteiger partial charge >= 0.3 is 0 Å². The van der Waals surface area contributed by atoms with Gasteiger partial charge in [0.2, 0.25) is 0 Å². The smallest absolute Gasteiger partial charge is 0.0645 e. The third-order valence-electron chi connectivity index (χ3n) is 3.96. The second kappa shape index (κ2) is 7.69. The highest BCUT2D eigenvalue weighted by atomic mass is 15.3. The maximum atomic E-state index is 5.97. The molecule has 0 saturated carbocycles. The van der Waals surface area contributed by atoms with Crippen LogP contribution < -0.4 is 5.73 Å². The summed E-state index contributed by atoms with van der Waals surface area (Å²) in [6, 6.07) is 6.33. The summed E-state index contributed by atoms with van der Waals surface area (Å²) >= 11 is 0. The van der Waals surface area contributed by atoms with Crippen molar-refractivity contribution in [3.8, 4) is 0 Å². The van der Waals surface area contributed by atoms with E-state index >= 15 is 0 Å². The molecule has 20 heavy (non-hydrogen) atoms. The molecule has 0 spiro atoms. The molecule has 1 saturated heterocycles. The molecular weight excluding hydrogens is 250 g/mol. The monoisotopic (exact) mass is 277 g/mol. The number of pyridine rings is 1. The standard InChI is InChI=1S/C15H27N5/c1-18(2)7-8-19-9-11-20(12-10-19)15(13-16)14-5-3-4-6-17-14/h3-6,15H,7-13,16H2,1-2H3. The molecule has 2 N–H and O–H groups in total. The number of aromatic nitrogens is 1. The Labute approximate surface area is 122 Å². The van der Waals surface area contributed by atoms with Gasteiger partial charge in [-0.25, -0.2) is 0 Å². The first-order valence-corrected chi connectivity index (χ1v) is 7.43. The van der Waals surface area contributed by atoms with Crippen LogP contribution in [0, 0.1) is 0 Å². The SMILES string of the molecule is CN(C)CCN1CCN(C(CN)c2ccccn2)CC1. The Balaban J connectivity index is 1.86. The van der Waals surface area contributed by atoms with Crippen molar-refractivity contribution in [1.82, 2.24) is 19.7 Å². The van der Waals surface area contributed by atoms with E-state index in [0.717, 1.165) is 45.0 Å². The van der Waals surface area contributed by atoms with Crippen molar-refractivity contribution in [3.05, 3.63) is 30.1 Å². The Morgan fingerprint density at radius 2 is 2.00 bits per heavy atom. The van der Waals surface area contributed by atoms with Crippen molar-refractivity contribution in [3.63, 3.8) is 0 Å². The number of nitrogens with zero attached hydrogens (tertiary/aromatic N) is 4. The van der Waals surface area contributed by atoms with Gasteiger partial charge in [0.15, 0.2) is 0 Å². The molecule has 2 rings (SSSR count). The van der Waals surface area contributed by atoms with E-state index in [2.05, 4.69) is 39.8 Å². The summed E-state index contributed by atoms with van der Waals surface area (Å²) in [4.78, 5) is 11.7. The van der Waals surface area contributed by atoms with Gasteiger partial charge in [-0.2, -0.15) is 0 Å². The topological polar surface area (TPSA) is 48.6 Å². The molecule has 1 aliphatic rings. The molecule has 112 valence electrons. The number of hydrogen-bond acceptors (Lipinski definition) is 5. The molecule has 1 atom stereocenters. The fourth-order valence-electron chi connectivity index (χ4n) is 2.67. The summed E-state index contributed by atoms with van der Waals surface area (Å²) < 4.78 is 0. The average molecular weight is 277 g/mol. The zero-order chi connectivity index (χ0) is 14.4. The highest BCUT2D eigenvalue weighted by molar-refractivity contribution is 5.09. The fourth-order valence-corrected chi connectivity index (χ4v) is 2.67. The Kier molecular flexibility index (Phi) is 5.91. The molecule has 1 aromatic heterocycles. The van der Waals surface area contributed by atoms with E-state index in [1.807, 2.05) is 18.3 Å². The number of piperazine rings is 1. The number of likely N-dealkylation sites (N-methyl/N-ethyl adjacent to an activating group) is 1. The lowest BCUT2D eigenvalue weighted by molar-refractivity contribution is 0.0925. The van der Waals surface area contributed by atoms with Crippen molar-refractivity contribution in [1.29, 1.82) is 0 Å². The van der Waals surface area contributed by atoms with Crippen LogP contribution >= 0.6 is 0 Å². The Hall–Kier alpha value is -1.01. The highest BCUT2D eigenvalue weighted by Crippen LogP contribution is 2.19. The van der Waals surface area contributed by atoms with Gasteiger partial charge in [0, 0.05) is 52.0 Å². The summed E-state index contributed by atoms with van der Waals surface area (Å²) in [6.45, 7) is 7.30. The molecular formula is C15H27N5. The van der Waals surface area contributed by atoms with Gasteiger partial charge in [0.05, 0.1) is 11.7 Å². The summed E-state index contributed by atoms with van der Waals surface area (Å²) in [5.74, 6) is 0. The van der Waals surface area contributed by atoms with Gasteiger partial charge in [-0.15, -0.1) is 0 Å². The first-order valence-electron chi connectivity index (χ1n) is 7.43. The van der Waals surface area contributed by atoms with E-state index in [1.54, 1.807) is 0 Å². The van der Waals surface area contributed by atoms with Crippen LogP contribution in [0.2, 0.25) is 0 Å². The van der Waals surface area contributed by atoms with E-state index in [9.17, 15) is 0 Å². The van der Waals surface area contributed by atoms with Crippen LogP contribution in [-0.4, -0.2) is 79.6 Å². The minimum absolute atomic E-state index is 0.257. The lowest BCUT2D eigenvalue weighted by atomic mass is 10.1. The van der Waals surface area contributed by atoms with Crippen LogP contribution in [0.3, 0.4) is 0 Å². The third-order valence-corrected chi connectivity index (χ3v) is 3.96. The first kappa shape index (κ1) is 15.4. The van der Waals surface area contributed by atoms with Crippen molar-refractivity contribution in [2.24, 2.45) is 5.73 Å². The number of nitrogens with two attached hydrogens (primary N) is 1. The maximum absolute atomic E-state index is 5.97. The lowest BCUT2D eigenvalue weighted by Crippen LogP contribution is -2.50. The lowest BCUT2D eigenvalue weighted by Gasteiger charge is -2.39. The third kappa shape index (κ3) is 4.24. The fraction of sp³-hybridized carbons (Fsp3) is 0.667. The summed E-state index contributed by atoms with van der Waals surface area (Å²) in [5.41, 5.74) is 7.06. The minimum atomic E-state index is 0.257. The minimum Gasteiger partial charge on any atom is -0.329 e. The van der Waals surface area contributed by atoms with E-state index in [1.165, 1.54) is 0 Å². The molecule has 0 radical (unpaired) electrons. The van der Waals surface area contributed by atoms with E-state index in [0.29, 0.717) is 6.54 Å². The Morgan fingerprint density at radius 1 is 1.25 bits per heavy atom. The van der Waals surface area contributed by atoms with Crippen molar-refractivity contribution >= 4 is 0 Å². The quantitative estimate of drug-likeness (QED) is 0.808. The number of hydrogen-bond donors (Lipinski definition) is 1. The molecule has 1 aliphatic heterocycles. The second-order valence-electron chi connectivity index (χ2n) is 5.69. The van der Waals surface area contributed by atoms with Crippen LogP contribution in [0.1, 0.15) is 11.7 Å². The van der Waals surface area contributed by atoms with Crippen LogP contribution in [-0.2, 0) is 0 Å². The highest BCUT2D eigenvalue weighted by Gasteiger charge is 2.24. The molecule has 5 heteroatoms. The van der Waals surface area contributed by atoms with Gasteiger partial charge < -0.3 is 10.6 Å². The summed E-state index contributed by atoms with van der Waals surface area (Å²) in [5, 5.41) is 0. The molecule has 0 amide bonds. The van der Waals surface area contributed by atoms with Gasteiger partial charge in [-0.1, -0.05) is 6.07 Å². The molecule has 2 heterocycles. The summed E-state index contributed by atoms with van der Waals surface area (Å²) in [7, 11) is 4.25. The molecule has 5 nitrogen and oxygen atoms in total. The summed E-state index contributed by atoms with van der Waals surface area (Å²) in [6.07, 6.45) is 1.85. The van der Waals surface area contributed by atoms with E-state index in [4.69, 9.17) is 5.73 Å². The van der Waals surface area contributed by atoms with E-state index < -0.39 is 0 Å². The zero-order valence-electron chi connectivity index (χ0n) is 12.7. The maximum Gasteiger partial charge on any atom is 0.0645 e. The Morgan fingerprint density at radius 3 is 2.55 bits per heavy atom. The second-order valence-corrected chi connectivity index (χ2v) is 5.69. The molecule has 1 aromatic rings. The van der Waals surface area contributed by atoms with Crippen LogP contribution in [0.5, 0.6) is 0 Å². The Bertz CT molecular complexity index is 373. The molecule has 0 bridgehead atoms. The molecule has 1 fully saturated rings. The molecule has 0 aromatic carbocycles. The predicted octanol–water partition coefficient (Wildman–Crippen LogP) is 0.261. The van der Waals surface area contributed by atoms with Crippen molar-refractivity contribution in [2.75, 3.05) is 59.9 Å². The number of rotatable bonds is 6. The largest absolute Gasteiger partial charge is 0.329 e. The first-order chi connectivity index (χ1) is 9.70. The van der Waals surface area contributed by atoms with E-state index in [-0.39, 0.29) is 6.04 Å². The van der Waals surface area contributed by atoms with Gasteiger partial charge in [0.1, 0.15) is 0 Å².